The van der Waals surface area contributed by atoms with Gasteiger partial charge in [0, 0.05) is 19.2 Å². The minimum absolute atomic E-state index is 0.0115. The number of methoxy groups -OCH3 is 1. The number of ether oxygens (including phenoxy) is 1. The molecule has 1 fully saturated rings. The smallest absolute Gasteiger partial charge is 0.245 e. The molecule has 0 aromatic heterocycles. The fourth-order valence-corrected chi connectivity index (χ4v) is 5.10. The Bertz CT molecular complexity index is 839. The molecular formula is C15H25N3O5S2. The van der Waals surface area contributed by atoms with E-state index in [0.29, 0.717) is 31.8 Å². The van der Waals surface area contributed by atoms with E-state index in [-0.39, 0.29) is 21.8 Å². The molecule has 1 heterocycles. The predicted octanol–water partition coefficient (Wildman–Crippen LogP) is 0.816. The van der Waals surface area contributed by atoms with Crippen LogP contribution < -0.4 is 15.2 Å². The number of anilines is 1. The molecule has 3 N–H and O–H groups in total. The van der Waals surface area contributed by atoms with Crippen LogP contribution in [-0.2, 0) is 20.0 Å². The SMILES string of the molecule is CCS(=O)(=O)Nc1cc(OC)ccc1S(=O)(=O)N1CCC(C)(CN)C1. The Balaban J connectivity index is 2.47. The van der Waals surface area contributed by atoms with Gasteiger partial charge in [0.15, 0.2) is 0 Å². The van der Waals surface area contributed by atoms with Crippen LogP contribution in [-0.4, -0.2) is 53.6 Å². The van der Waals surface area contributed by atoms with Gasteiger partial charge in [0.1, 0.15) is 10.6 Å². The van der Waals surface area contributed by atoms with E-state index in [1.54, 1.807) is 0 Å². The first-order chi connectivity index (χ1) is 11.6. The van der Waals surface area contributed by atoms with Crippen molar-refractivity contribution in [2.75, 3.05) is 37.2 Å². The molecule has 0 amide bonds. The quantitative estimate of drug-likeness (QED) is 0.710. The van der Waals surface area contributed by atoms with E-state index in [2.05, 4.69) is 4.72 Å². The summed E-state index contributed by atoms with van der Waals surface area (Å²) in [5.74, 6) is 0.194. The van der Waals surface area contributed by atoms with Crippen LogP contribution in [0.1, 0.15) is 20.3 Å². The molecule has 25 heavy (non-hydrogen) atoms. The molecule has 1 aromatic carbocycles. The molecule has 2 rings (SSSR count). The molecule has 142 valence electrons. The Labute approximate surface area is 149 Å². The van der Waals surface area contributed by atoms with Gasteiger partial charge in [-0.3, -0.25) is 4.72 Å². The summed E-state index contributed by atoms with van der Waals surface area (Å²) in [6.07, 6.45) is 0.662. The highest BCUT2D eigenvalue weighted by molar-refractivity contribution is 7.93. The number of nitrogens with two attached hydrogens (primary N) is 1. The molecule has 0 spiro atoms. The number of benzene rings is 1. The highest BCUT2D eigenvalue weighted by Gasteiger charge is 2.40. The van der Waals surface area contributed by atoms with Gasteiger partial charge in [-0.1, -0.05) is 6.92 Å². The number of nitrogens with zero attached hydrogens (tertiary/aromatic N) is 1. The lowest BCUT2D eigenvalue weighted by molar-refractivity contribution is 0.349. The van der Waals surface area contributed by atoms with Gasteiger partial charge < -0.3 is 10.5 Å². The topological polar surface area (TPSA) is 119 Å². The first kappa shape index (κ1) is 20.0. The molecule has 1 aliphatic heterocycles. The maximum Gasteiger partial charge on any atom is 0.245 e. The number of hydrogen-bond acceptors (Lipinski definition) is 6. The van der Waals surface area contributed by atoms with E-state index in [1.807, 2.05) is 6.92 Å². The van der Waals surface area contributed by atoms with E-state index in [9.17, 15) is 16.8 Å². The summed E-state index contributed by atoms with van der Waals surface area (Å²) in [7, 11) is -6.08. The number of rotatable bonds is 7. The van der Waals surface area contributed by atoms with Gasteiger partial charge in [-0.25, -0.2) is 16.8 Å². The molecule has 0 saturated carbocycles. The molecule has 0 aliphatic carbocycles. The van der Waals surface area contributed by atoms with E-state index < -0.39 is 20.0 Å². The Morgan fingerprint density at radius 3 is 2.52 bits per heavy atom. The number of hydrogen-bond donors (Lipinski definition) is 2. The molecule has 10 heteroatoms. The van der Waals surface area contributed by atoms with Crippen molar-refractivity contribution in [3.63, 3.8) is 0 Å². The zero-order valence-corrected chi connectivity index (χ0v) is 16.3. The fraction of sp³-hybridized carbons (Fsp3) is 0.600. The van der Waals surface area contributed by atoms with Gasteiger partial charge in [0.25, 0.3) is 0 Å². The minimum atomic E-state index is -3.86. The summed E-state index contributed by atoms with van der Waals surface area (Å²) < 4.78 is 58.7. The first-order valence-electron chi connectivity index (χ1n) is 7.96. The normalized spacial score (nSPS) is 22.1. The third kappa shape index (κ3) is 4.25. The Kier molecular flexibility index (Phi) is 5.67. The second-order valence-electron chi connectivity index (χ2n) is 6.47. The minimum Gasteiger partial charge on any atom is -0.497 e. The molecule has 1 aromatic rings. The highest BCUT2D eigenvalue weighted by atomic mass is 32.2. The van der Waals surface area contributed by atoms with Gasteiger partial charge >= 0.3 is 0 Å². The van der Waals surface area contributed by atoms with Gasteiger partial charge in [-0.15, -0.1) is 0 Å². The lowest BCUT2D eigenvalue weighted by atomic mass is 9.90. The summed E-state index contributed by atoms with van der Waals surface area (Å²) in [5.41, 5.74) is 5.46. The van der Waals surface area contributed by atoms with Crippen LogP contribution in [0.25, 0.3) is 0 Å². The zero-order chi connectivity index (χ0) is 18.9. The van der Waals surface area contributed by atoms with Crippen molar-refractivity contribution in [1.29, 1.82) is 0 Å². The Morgan fingerprint density at radius 1 is 1.32 bits per heavy atom. The third-order valence-electron chi connectivity index (χ3n) is 4.47. The van der Waals surface area contributed by atoms with Crippen molar-refractivity contribution in [2.24, 2.45) is 11.1 Å². The first-order valence-corrected chi connectivity index (χ1v) is 11.0. The molecule has 8 nitrogen and oxygen atoms in total. The van der Waals surface area contributed by atoms with Crippen molar-refractivity contribution < 1.29 is 21.6 Å². The van der Waals surface area contributed by atoms with E-state index >= 15 is 0 Å². The molecule has 1 saturated heterocycles. The standard InChI is InChI=1S/C15H25N3O5S2/c1-4-24(19,20)17-13-9-12(23-3)5-6-14(13)25(21,22)18-8-7-15(2,10-16)11-18/h5-6,9,17H,4,7-8,10-11,16H2,1-3H3. The van der Waals surface area contributed by atoms with Gasteiger partial charge in [0.2, 0.25) is 20.0 Å². The highest BCUT2D eigenvalue weighted by Crippen LogP contribution is 2.36. The molecule has 1 atom stereocenters. The van der Waals surface area contributed by atoms with E-state index in [4.69, 9.17) is 10.5 Å². The molecule has 0 radical (unpaired) electrons. The maximum atomic E-state index is 13.0. The average molecular weight is 392 g/mol. The van der Waals surface area contributed by atoms with Gasteiger partial charge in [-0.05, 0) is 37.4 Å². The van der Waals surface area contributed by atoms with Gasteiger partial charge in [0.05, 0.1) is 18.6 Å². The average Bonchev–Trinajstić information content (AvgIpc) is 2.98. The lowest BCUT2D eigenvalue weighted by Crippen LogP contribution is -2.35. The third-order valence-corrected chi connectivity index (χ3v) is 7.66. The fourth-order valence-electron chi connectivity index (χ4n) is 2.67. The second-order valence-corrected chi connectivity index (χ2v) is 10.4. The van der Waals surface area contributed by atoms with Crippen LogP contribution in [0, 0.1) is 5.41 Å². The summed E-state index contributed by atoms with van der Waals surface area (Å²) in [6.45, 7) is 4.46. The molecule has 1 unspecified atom stereocenters. The summed E-state index contributed by atoms with van der Waals surface area (Å²) in [6, 6.07) is 4.23. The van der Waals surface area contributed by atoms with Crippen molar-refractivity contribution in [3.05, 3.63) is 18.2 Å². The summed E-state index contributed by atoms with van der Waals surface area (Å²) in [5, 5.41) is 0. The van der Waals surface area contributed by atoms with Crippen LogP contribution in [0.3, 0.4) is 0 Å². The maximum absolute atomic E-state index is 13.0. The van der Waals surface area contributed by atoms with Crippen molar-refractivity contribution >= 4 is 25.7 Å². The number of nitrogens with one attached hydrogen (secondary N) is 1. The van der Waals surface area contributed by atoms with Gasteiger partial charge in [-0.2, -0.15) is 4.31 Å². The monoisotopic (exact) mass is 391 g/mol. The lowest BCUT2D eigenvalue weighted by Gasteiger charge is -2.23. The zero-order valence-electron chi connectivity index (χ0n) is 14.6. The van der Waals surface area contributed by atoms with Crippen molar-refractivity contribution in [1.82, 2.24) is 4.31 Å². The van der Waals surface area contributed by atoms with Crippen LogP contribution in [0.15, 0.2) is 23.1 Å². The van der Waals surface area contributed by atoms with Crippen molar-refractivity contribution in [2.45, 2.75) is 25.2 Å². The predicted molar refractivity (Wildman–Crippen MR) is 96.6 cm³/mol. The van der Waals surface area contributed by atoms with Crippen LogP contribution in [0.4, 0.5) is 5.69 Å². The Hall–Kier alpha value is -1.36. The number of sulfonamides is 2. The van der Waals surface area contributed by atoms with Crippen LogP contribution in [0.5, 0.6) is 5.75 Å². The van der Waals surface area contributed by atoms with Crippen molar-refractivity contribution in [3.8, 4) is 5.75 Å². The second kappa shape index (κ2) is 7.10. The van der Waals surface area contributed by atoms with Crippen LogP contribution >= 0.6 is 0 Å². The summed E-state index contributed by atoms with van der Waals surface area (Å²) >= 11 is 0. The van der Waals surface area contributed by atoms with Crippen LogP contribution in [0.2, 0.25) is 0 Å². The van der Waals surface area contributed by atoms with E-state index in [1.165, 1.54) is 36.5 Å². The van der Waals surface area contributed by atoms with E-state index in [0.717, 1.165) is 0 Å². The molecule has 1 aliphatic rings. The molecule has 0 bridgehead atoms. The molecular weight excluding hydrogens is 366 g/mol. The Morgan fingerprint density at radius 2 is 2.00 bits per heavy atom. The largest absolute Gasteiger partial charge is 0.497 e. The summed E-state index contributed by atoms with van der Waals surface area (Å²) in [4.78, 5) is -0.0911.